The molecular formula is C23H25N3O6S. The number of fused-ring (bicyclic) bond motifs is 1. The number of aliphatic carboxylic acids is 1. The van der Waals surface area contributed by atoms with E-state index in [4.69, 9.17) is 4.74 Å². The molecule has 0 radical (unpaired) electrons. The highest BCUT2D eigenvalue weighted by Gasteiger charge is 2.28. The molecule has 10 heteroatoms. The first-order chi connectivity index (χ1) is 15.5. The van der Waals surface area contributed by atoms with E-state index < -0.39 is 27.5 Å². The number of carboxylic acids is 1. The van der Waals surface area contributed by atoms with Crippen LogP contribution in [0.2, 0.25) is 0 Å². The van der Waals surface area contributed by atoms with Gasteiger partial charge in [-0.2, -0.15) is 0 Å². The summed E-state index contributed by atoms with van der Waals surface area (Å²) in [6, 6.07) is 10.0. The summed E-state index contributed by atoms with van der Waals surface area (Å²) < 4.78 is 37.3. The van der Waals surface area contributed by atoms with Gasteiger partial charge in [-0.3, -0.25) is 19.0 Å². The van der Waals surface area contributed by atoms with Gasteiger partial charge in [-0.15, -0.1) is 0 Å². The van der Waals surface area contributed by atoms with Crippen LogP contribution in [0.4, 0.5) is 5.69 Å². The highest BCUT2D eigenvalue weighted by atomic mass is 32.2. The van der Waals surface area contributed by atoms with E-state index in [1.165, 1.54) is 22.9 Å². The summed E-state index contributed by atoms with van der Waals surface area (Å²) in [7, 11) is -2.42. The molecule has 1 aromatic heterocycles. The van der Waals surface area contributed by atoms with Crippen molar-refractivity contribution in [1.29, 1.82) is 0 Å². The number of carbonyl (C=O) groups is 1. The fourth-order valence-electron chi connectivity index (χ4n) is 3.93. The maximum Gasteiger partial charge on any atom is 0.310 e. The molecule has 9 nitrogen and oxygen atoms in total. The number of anilines is 1. The number of aromatic nitrogens is 2. The molecule has 4 rings (SSSR count). The fraction of sp³-hybridized carbons (Fsp3) is 0.304. The summed E-state index contributed by atoms with van der Waals surface area (Å²) in [5.41, 5.74) is 2.93. The standard InChI is InChI=1S/C23H25N3O6S/c1-13-5-6-14(2)19(9-13)26-22(27)21(15(3)25(26)4)24-33(30,31)18-7-8-20-16(11-18)10-17(12-32-20)23(28)29/h5-9,11,17,24H,10,12H2,1-4H3,(H,28,29). The summed E-state index contributed by atoms with van der Waals surface area (Å²) in [6.45, 7) is 5.50. The van der Waals surface area contributed by atoms with Gasteiger partial charge in [0.1, 0.15) is 18.0 Å². The highest BCUT2D eigenvalue weighted by Crippen LogP contribution is 2.30. The van der Waals surface area contributed by atoms with E-state index in [0.29, 0.717) is 22.7 Å². The van der Waals surface area contributed by atoms with Crippen molar-refractivity contribution in [3.8, 4) is 11.4 Å². The molecule has 0 amide bonds. The van der Waals surface area contributed by atoms with Crippen molar-refractivity contribution in [2.45, 2.75) is 32.1 Å². The normalized spacial score (nSPS) is 15.6. The van der Waals surface area contributed by atoms with Crippen LogP contribution < -0.4 is 15.0 Å². The number of aryl methyl sites for hydroxylation is 2. The number of carboxylic acid groups (broad SMARTS) is 1. The molecule has 1 atom stereocenters. The predicted octanol–water partition coefficient (Wildman–Crippen LogP) is 2.54. The Balaban J connectivity index is 1.73. The van der Waals surface area contributed by atoms with E-state index in [0.717, 1.165) is 11.1 Å². The minimum absolute atomic E-state index is 0.0355. The van der Waals surface area contributed by atoms with Crippen LogP contribution in [0.15, 0.2) is 46.1 Å². The van der Waals surface area contributed by atoms with Gasteiger partial charge in [-0.25, -0.2) is 13.1 Å². The minimum atomic E-state index is -4.11. The van der Waals surface area contributed by atoms with Crippen molar-refractivity contribution in [2.75, 3.05) is 11.3 Å². The number of benzene rings is 2. The van der Waals surface area contributed by atoms with Crippen molar-refractivity contribution in [3.05, 3.63) is 69.1 Å². The molecule has 33 heavy (non-hydrogen) atoms. The number of hydrogen-bond donors (Lipinski definition) is 2. The maximum absolute atomic E-state index is 13.3. The molecule has 174 valence electrons. The zero-order valence-electron chi connectivity index (χ0n) is 18.7. The molecule has 2 N–H and O–H groups in total. The van der Waals surface area contributed by atoms with Gasteiger partial charge in [0.25, 0.3) is 15.6 Å². The summed E-state index contributed by atoms with van der Waals surface area (Å²) in [6.07, 6.45) is 0.165. The lowest BCUT2D eigenvalue weighted by Crippen LogP contribution is -2.28. The Hall–Kier alpha value is -3.53. The Morgan fingerprint density at radius 2 is 1.88 bits per heavy atom. The first-order valence-electron chi connectivity index (χ1n) is 10.4. The van der Waals surface area contributed by atoms with Crippen molar-refractivity contribution in [1.82, 2.24) is 9.36 Å². The molecule has 0 spiro atoms. The quantitative estimate of drug-likeness (QED) is 0.590. The molecule has 3 aromatic rings. The van der Waals surface area contributed by atoms with E-state index in [2.05, 4.69) is 4.72 Å². The smallest absolute Gasteiger partial charge is 0.310 e. The molecule has 1 aliphatic heterocycles. The average molecular weight is 472 g/mol. The second kappa shape index (κ2) is 8.11. The molecule has 2 heterocycles. The van der Waals surface area contributed by atoms with Gasteiger partial charge in [0.05, 0.1) is 22.2 Å². The molecule has 0 saturated carbocycles. The second-order valence-corrected chi connectivity index (χ2v) is 10.00. The minimum Gasteiger partial charge on any atom is -0.492 e. The number of nitrogens with zero attached hydrogens (tertiary/aromatic N) is 2. The average Bonchev–Trinajstić information content (AvgIpc) is 2.97. The van der Waals surface area contributed by atoms with Gasteiger partial charge in [0.2, 0.25) is 0 Å². The molecule has 1 unspecified atom stereocenters. The second-order valence-electron chi connectivity index (χ2n) is 8.32. The number of rotatable bonds is 5. The van der Waals surface area contributed by atoms with E-state index in [9.17, 15) is 23.1 Å². The SMILES string of the molecule is Cc1ccc(C)c(-n2c(=O)c(NS(=O)(=O)c3ccc4c(c3)CC(C(=O)O)CO4)c(C)n2C)c1. The summed E-state index contributed by atoms with van der Waals surface area (Å²) in [5, 5.41) is 9.26. The number of hydrogen-bond acceptors (Lipinski definition) is 5. The van der Waals surface area contributed by atoms with Gasteiger partial charge in [0.15, 0.2) is 0 Å². The predicted molar refractivity (Wildman–Crippen MR) is 123 cm³/mol. The fourth-order valence-corrected chi connectivity index (χ4v) is 5.10. The first-order valence-corrected chi connectivity index (χ1v) is 11.9. The molecule has 0 aliphatic carbocycles. The van der Waals surface area contributed by atoms with Crippen molar-refractivity contribution >= 4 is 21.7 Å². The summed E-state index contributed by atoms with van der Waals surface area (Å²) >= 11 is 0. The maximum atomic E-state index is 13.3. The third-order valence-corrected chi connectivity index (χ3v) is 7.33. The Kier molecular flexibility index (Phi) is 5.57. The van der Waals surface area contributed by atoms with Crippen molar-refractivity contribution in [2.24, 2.45) is 13.0 Å². The van der Waals surface area contributed by atoms with E-state index in [1.54, 1.807) is 18.7 Å². The molecule has 2 aromatic carbocycles. The molecule has 0 saturated heterocycles. The monoisotopic (exact) mass is 471 g/mol. The Morgan fingerprint density at radius 3 is 2.58 bits per heavy atom. The highest BCUT2D eigenvalue weighted by molar-refractivity contribution is 7.92. The van der Waals surface area contributed by atoms with Crippen LogP contribution in [-0.2, 0) is 28.3 Å². The van der Waals surface area contributed by atoms with Gasteiger partial charge < -0.3 is 9.84 Å². The number of ether oxygens (including phenoxy) is 1. The van der Waals surface area contributed by atoms with Gasteiger partial charge in [-0.1, -0.05) is 12.1 Å². The lowest BCUT2D eigenvalue weighted by Gasteiger charge is -2.23. The largest absolute Gasteiger partial charge is 0.492 e. The Labute approximate surface area is 191 Å². The lowest BCUT2D eigenvalue weighted by atomic mass is 9.97. The van der Waals surface area contributed by atoms with Crippen LogP contribution in [0.3, 0.4) is 0 Å². The Bertz CT molecular complexity index is 1440. The summed E-state index contributed by atoms with van der Waals surface area (Å²) in [4.78, 5) is 24.5. The van der Waals surface area contributed by atoms with E-state index in [1.807, 2.05) is 32.0 Å². The number of sulfonamides is 1. The summed E-state index contributed by atoms with van der Waals surface area (Å²) in [5.74, 6) is -1.29. The van der Waals surface area contributed by atoms with Crippen LogP contribution in [0.1, 0.15) is 22.4 Å². The van der Waals surface area contributed by atoms with Crippen LogP contribution in [0.25, 0.3) is 5.69 Å². The van der Waals surface area contributed by atoms with E-state index >= 15 is 0 Å². The van der Waals surface area contributed by atoms with E-state index in [-0.39, 0.29) is 23.6 Å². The lowest BCUT2D eigenvalue weighted by molar-refractivity contribution is -0.143. The molecule has 0 bridgehead atoms. The van der Waals surface area contributed by atoms with Crippen LogP contribution in [0.5, 0.6) is 5.75 Å². The third-order valence-electron chi connectivity index (χ3n) is 5.98. The first kappa shape index (κ1) is 22.7. The zero-order valence-corrected chi connectivity index (χ0v) is 19.6. The van der Waals surface area contributed by atoms with Gasteiger partial charge >= 0.3 is 5.97 Å². The van der Waals surface area contributed by atoms with Gasteiger partial charge in [0, 0.05) is 7.05 Å². The molecule has 1 aliphatic rings. The third kappa shape index (κ3) is 4.02. The topological polar surface area (TPSA) is 120 Å². The van der Waals surface area contributed by atoms with Crippen molar-refractivity contribution < 1.29 is 23.1 Å². The zero-order chi connectivity index (χ0) is 24.1. The molecular weight excluding hydrogens is 446 g/mol. The van der Waals surface area contributed by atoms with Crippen LogP contribution in [-0.4, -0.2) is 35.5 Å². The van der Waals surface area contributed by atoms with Crippen molar-refractivity contribution in [3.63, 3.8) is 0 Å². The van der Waals surface area contributed by atoms with Gasteiger partial charge in [-0.05, 0) is 68.1 Å². The molecule has 0 fully saturated rings. The Morgan fingerprint density at radius 1 is 1.15 bits per heavy atom. The van der Waals surface area contributed by atoms with Crippen LogP contribution >= 0.6 is 0 Å². The number of nitrogens with one attached hydrogen (secondary N) is 1. The van der Waals surface area contributed by atoms with Crippen LogP contribution in [0, 0.1) is 26.7 Å².